The number of likely N-dealkylation sites (tertiary alicyclic amines) is 1. The number of carbonyl (C=O) groups excluding carboxylic acids is 1. The van der Waals surface area contributed by atoms with Crippen LogP contribution in [0.3, 0.4) is 0 Å². The maximum Gasteiger partial charge on any atom is 0.253 e. The van der Waals surface area contributed by atoms with Crippen LogP contribution in [0.5, 0.6) is 0 Å². The summed E-state index contributed by atoms with van der Waals surface area (Å²) in [5, 5.41) is 0. The number of amides is 1. The molecule has 2 aromatic rings. The van der Waals surface area contributed by atoms with Crippen molar-refractivity contribution in [2.24, 2.45) is 0 Å². The Balaban J connectivity index is 1.31. The Morgan fingerprint density at radius 3 is 1.86 bits per heavy atom. The van der Waals surface area contributed by atoms with E-state index in [-0.39, 0.29) is 5.91 Å². The number of hydrogen-bond donors (Lipinski definition) is 0. The Morgan fingerprint density at radius 1 is 0.750 bits per heavy atom. The number of benzene rings is 1. The molecule has 4 rings (SSSR count). The average molecular weight is 381 g/mol. The van der Waals surface area contributed by atoms with Gasteiger partial charge in [0.05, 0.1) is 0 Å². The maximum absolute atomic E-state index is 12.9. The summed E-state index contributed by atoms with van der Waals surface area (Å²) >= 11 is 0. The van der Waals surface area contributed by atoms with Crippen molar-refractivity contribution in [3.63, 3.8) is 0 Å². The smallest absolute Gasteiger partial charge is 0.253 e. The monoisotopic (exact) mass is 380 g/mol. The van der Waals surface area contributed by atoms with Gasteiger partial charge in [-0.2, -0.15) is 0 Å². The van der Waals surface area contributed by atoms with Crippen molar-refractivity contribution >= 4 is 5.91 Å². The first-order valence-electron chi connectivity index (χ1n) is 10.6. The first-order chi connectivity index (χ1) is 13.6. The third kappa shape index (κ3) is 4.15. The van der Waals surface area contributed by atoms with Crippen molar-refractivity contribution in [2.45, 2.75) is 26.7 Å². The highest BCUT2D eigenvalue weighted by molar-refractivity contribution is 5.94. The normalized spacial score (nSPS) is 18.7. The molecule has 2 aliphatic heterocycles. The van der Waals surface area contributed by atoms with Crippen LogP contribution >= 0.6 is 0 Å². The molecule has 2 saturated heterocycles. The zero-order valence-corrected chi connectivity index (χ0v) is 17.2. The Hall–Kier alpha value is -2.11. The van der Waals surface area contributed by atoms with Gasteiger partial charge in [-0.15, -0.1) is 0 Å². The second-order valence-corrected chi connectivity index (χ2v) is 8.18. The molecule has 0 aliphatic carbocycles. The number of hydrogen-bond acceptors (Lipinski definition) is 3. The van der Waals surface area contributed by atoms with E-state index in [1.807, 2.05) is 17.0 Å². The van der Waals surface area contributed by atoms with Crippen LogP contribution in [0.25, 0.3) is 5.69 Å². The van der Waals surface area contributed by atoms with Crippen LogP contribution in [-0.2, 0) is 0 Å². The fourth-order valence-corrected chi connectivity index (χ4v) is 4.48. The van der Waals surface area contributed by atoms with Crippen molar-refractivity contribution in [1.82, 2.24) is 19.3 Å². The zero-order valence-electron chi connectivity index (χ0n) is 17.2. The minimum atomic E-state index is 0.159. The van der Waals surface area contributed by atoms with Gasteiger partial charge in [0.15, 0.2) is 0 Å². The van der Waals surface area contributed by atoms with E-state index in [2.05, 4.69) is 52.5 Å². The van der Waals surface area contributed by atoms with Gasteiger partial charge in [-0.1, -0.05) is 0 Å². The molecule has 0 spiro atoms. The minimum Gasteiger partial charge on any atom is -0.336 e. The molecule has 3 heterocycles. The summed E-state index contributed by atoms with van der Waals surface area (Å²) in [5.41, 5.74) is 4.32. The number of carbonyl (C=O) groups is 1. The molecule has 0 unspecified atom stereocenters. The van der Waals surface area contributed by atoms with Gasteiger partial charge < -0.3 is 14.4 Å². The van der Waals surface area contributed by atoms with Crippen molar-refractivity contribution < 1.29 is 4.79 Å². The van der Waals surface area contributed by atoms with Gasteiger partial charge >= 0.3 is 0 Å². The topological polar surface area (TPSA) is 31.7 Å². The van der Waals surface area contributed by atoms with Crippen LogP contribution in [-0.4, -0.2) is 77.5 Å². The van der Waals surface area contributed by atoms with E-state index in [0.717, 1.165) is 44.0 Å². The second kappa shape index (κ2) is 8.50. The molecule has 0 atom stereocenters. The largest absolute Gasteiger partial charge is 0.336 e. The summed E-state index contributed by atoms with van der Waals surface area (Å²) < 4.78 is 2.22. The molecule has 5 nitrogen and oxygen atoms in total. The van der Waals surface area contributed by atoms with E-state index < -0.39 is 0 Å². The van der Waals surface area contributed by atoms with Crippen LogP contribution in [0.2, 0.25) is 0 Å². The van der Waals surface area contributed by atoms with Crippen LogP contribution in [0, 0.1) is 13.8 Å². The number of nitrogens with zero attached hydrogens (tertiary/aromatic N) is 4. The van der Waals surface area contributed by atoms with Crippen molar-refractivity contribution in [2.75, 3.05) is 52.4 Å². The number of aromatic nitrogens is 1. The fourth-order valence-electron chi connectivity index (χ4n) is 4.48. The van der Waals surface area contributed by atoms with E-state index in [0.29, 0.717) is 0 Å². The molecule has 1 amide bonds. The average Bonchev–Trinajstić information content (AvgIpc) is 3.36. The molecule has 0 radical (unpaired) electrons. The lowest BCUT2D eigenvalue weighted by molar-refractivity contribution is 0.0626. The van der Waals surface area contributed by atoms with Crippen LogP contribution < -0.4 is 0 Å². The highest BCUT2D eigenvalue weighted by Crippen LogP contribution is 2.18. The van der Waals surface area contributed by atoms with Gasteiger partial charge in [0.25, 0.3) is 5.91 Å². The van der Waals surface area contributed by atoms with Crippen molar-refractivity contribution in [3.8, 4) is 5.69 Å². The predicted molar refractivity (Wildman–Crippen MR) is 113 cm³/mol. The Bertz CT molecular complexity index is 777. The molecule has 0 saturated carbocycles. The highest BCUT2D eigenvalue weighted by Gasteiger charge is 2.23. The molecular formula is C23H32N4O. The SMILES string of the molecule is Cc1ccc(C)n1-c1ccc(C(=O)N2CCN(CCN3CCCC3)CC2)cc1. The van der Waals surface area contributed by atoms with E-state index in [1.165, 1.54) is 43.9 Å². The van der Waals surface area contributed by atoms with Crippen molar-refractivity contribution in [3.05, 3.63) is 53.3 Å². The van der Waals surface area contributed by atoms with Crippen LogP contribution in [0.4, 0.5) is 0 Å². The number of rotatable bonds is 5. The molecule has 0 bridgehead atoms. The quantitative estimate of drug-likeness (QED) is 0.799. The van der Waals surface area contributed by atoms with Crippen LogP contribution in [0.15, 0.2) is 36.4 Å². The third-order valence-electron chi connectivity index (χ3n) is 6.23. The van der Waals surface area contributed by atoms with Gasteiger partial charge in [0.2, 0.25) is 0 Å². The first-order valence-corrected chi connectivity index (χ1v) is 10.6. The lowest BCUT2D eigenvalue weighted by Crippen LogP contribution is -2.50. The van der Waals surface area contributed by atoms with Gasteiger partial charge in [0, 0.05) is 61.9 Å². The van der Waals surface area contributed by atoms with Gasteiger partial charge in [-0.3, -0.25) is 9.69 Å². The molecule has 150 valence electrons. The third-order valence-corrected chi connectivity index (χ3v) is 6.23. The first kappa shape index (κ1) is 19.2. The Kier molecular flexibility index (Phi) is 5.83. The zero-order chi connectivity index (χ0) is 19.5. The van der Waals surface area contributed by atoms with E-state index in [4.69, 9.17) is 0 Å². The Morgan fingerprint density at radius 2 is 1.29 bits per heavy atom. The Labute approximate surface area is 168 Å². The molecule has 5 heteroatoms. The van der Waals surface area contributed by atoms with E-state index in [9.17, 15) is 4.79 Å². The van der Waals surface area contributed by atoms with Crippen molar-refractivity contribution in [1.29, 1.82) is 0 Å². The molecular weight excluding hydrogens is 348 g/mol. The van der Waals surface area contributed by atoms with E-state index in [1.54, 1.807) is 0 Å². The molecule has 0 N–H and O–H groups in total. The fraction of sp³-hybridized carbons (Fsp3) is 0.522. The highest BCUT2D eigenvalue weighted by atomic mass is 16.2. The second-order valence-electron chi connectivity index (χ2n) is 8.18. The summed E-state index contributed by atoms with van der Waals surface area (Å²) in [6, 6.07) is 12.3. The molecule has 1 aromatic heterocycles. The van der Waals surface area contributed by atoms with E-state index >= 15 is 0 Å². The number of piperazine rings is 1. The summed E-state index contributed by atoms with van der Waals surface area (Å²) in [6.07, 6.45) is 2.70. The van der Waals surface area contributed by atoms with Crippen LogP contribution in [0.1, 0.15) is 34.6 Å². The lowest BCUT2D eigenvalue weighted by atomic mass is 10.1. The van der Waals surface area contributed by atoms with Gasteiger partial charge in [-0.25, -0.2) is 0 Å². The minimum absolute atomic E-state index is 0.159. The molecule has 28 heavy (non-hydrogen) atoms. The van der Waals surface area contributed by atoms with Gasteiger partial charge in [-0.05, 0) is 76.2 Å². The molecule has 2 fully saturated rings. The summed E-state index contributed by atoms with van der Waals surface area (Å²) in [5.74, 6) is 0.159. The summed E-state index contributed by atoms with van der Waals surface area (Å²) in [6.45, 7) is 12.7. The standard InChI is InChI=1S/C23H32N4O/c1-19-5-6-20(2)27(19)22-9-7-21(8-10-22)23(28)26-17-15-25(16-18-26)14-13-24-11-3-4-12-24/h5-10H,3-4,11-18H2,1-2H3. The molecule has 1 aromatic carbocycles. The predicted octanol–water partition coefficient (Wildman–Crippen LogP) is 2.95. The van der Waals surface area contributed by atoms with Gasteiger partial charge in [0.1, 0.15) is 0 Å². The summed E-state index contributed by atoms with van der Waals surface area (Å²) in [4.78, 5) is 20.0. The summed E-state index contributed by atoms with van der Waals surface area (Å²) in [7, 11) is 0. The maximum atomic E-state index is 12.9. The lowest BCUT2D eigenvalue weighted by Gasteiger charge is -2.35. The number of aryl methyl sites for hydroxylation is 2. The molecule has 2 aliphatic rings.